The van der Waals surface area contributed by atoms with Crippen molar-refractivity contribution in [2.45, 2.75) is 12.8 Å². The second kappa shape index (κ2) is 6.79. The average Bonchev–Trinajstić information content (AvgIpc) is 3.63. The van der Waals surface area contributed by atoms with Gasteiger partial charge in [0, 0.05) is 17.0 Å². The molecule has 1 aliphatic carbocycles. The van der Waals surface area contributed by atoms with Crippen LogP contribution in [0.1, 0.15) is 24.0 Å². The molecule has 0 amide bonds. The minimum Gasteiger partial charge on any atom is -0.454 e. The molecule has 170 valence electrons. The van der Waals surface area contributed by atoms with Gasteiger partial charge < -0.3 is 23.9 Å². The minimum atomic E-state index is 0.198. The molecule has 0 radical (unpaired) electrons. The number of hydrogen-bond acceptors (Lipinski definition) is 5. The van der Waals surface area contributed by atoms with Gasteiger partial charge in [0.05, 0.1) is 17.4 Å². The summed E-state index contributed by atoms with van der Waals surface area (Å²) < 4.78 is 23.4. The highest BCUT2D eigenvalue weighted by Gasteiger charge is 2.29. The highest BCUT2D eigenvalue weighted by molar-refractivity contribution is 5.99. The van der Waals surface area contributed by atoms with Crippen LogP contribution in [0.3, 0.4) is 0 Å². The number of benzene rings is 4. The van der Waals surface area contributed by atoms with E-state index in [1.807, 2.05) is 6.07 Å². The van der Waals surface area contributed by atoms with Gasteiger partial charge in [-0.25, -0.2) is 4.98 Å². The Balaban J connectivity index is 1.43. The lowest BCUT2D eigenvalue weighted by Crippen LogP contribution is -1.96. The second-order valence-corrected chi connectivity index (χ2v) is 9.19. The van der Waals surface area contributed by atoms with Crippen molar-refractivity contribution in [1.82, 2.24) is 9.97 Å². The van der Waals surface area contributed by atoms with Gasteiger partial charge in [-0.3, -0.25) is 0 Å². The smallest absolute Gasteiger partial charge is 0.231 e. The molecule has 1 atom stereocenters. The predicted octanol–water partition coefficient (Wildman–Crippen LogP) is 6.64. The Labute approximate surface area is 200 Å². The molecule has 5 aromatic rings. The lowest BCUT2D eigenvalue weighted by Gasteiger charge is -2.18. The molecular weight excluding hydrogens is 440 g/mol. The van der Waals surface area contributed by atoms with Crippen molar-refractivity contribution in [3.05, 3.63) is 72.1 Å². The number of fused-ring (bicyclic) bond motifs is 9. The van der Waals surface area contributed by atoms with Gasteiger partial charge in [0.2, 0.25) is 13.6 Å². The maximum Gasteiger partial charge on any atom is 0.231 e. The van der Waals surface area contributed by atoms with Crippen LogP contribution in [0.4, 0.5) is 0 Å². The molecule has 0 spiro atoms. The summed E-state index contributed by atoms with van der Waals surface area (Å²) in [5.74, 6) is 3.38. The molecule has 8 rings (SSSR count). The summed E-state index contributed by atoms with van der Waals surface area (Å²) in [4.78, 5) is 7.58. The molecule has 2 aliphatic heterocycles. The van der Waals surface area contributed by atoms with Gasteiger partial charge in [0.1, 0.15) is 0 Å². The van der Waals surface area contributed by atoms with E-state index in [0.29, 0.717) is 0 Å². The Bertz CT molecular complexity index is 1730. The molecule has 3 aliphatic rings. The lowest BCUT2D eigenvalue weighted by molar-refractivity contribution is 0.174. The molecule has 3 heterocycles. The zero-order valence-electron chi connectivity index (χ0n) is 18.9. The van der Waals surface area contributed by atoms with Crippen LogP contribution >= 0.6 is 0 Å². The second-order valence-electron chi connectivity index (χ2n) is 9.19. The monoisotopic (exact) mass is 460 g/mol. The Kier molecular flexibility index (Phi) is 3.67. The maximum absolute atomic E-state index is 6.06. The number of imidazole rings is 1. The SMILES string of the molecule is CC1C=Cc2c(cc(-c3ccc4nc[nH]c4c3)c3c2OCO3)-c2ccc3cc4c(cc3c21)OCO4. The number of nitrogens with zero attached hydrogens (tertiary/aromatic N) is 1. The van der Waals surface area contributed by atoms with E-state index in [0.717, 1.165) is 61.7 Å². The Morgan fingerprint density at radius 1 is 0.829 bits per heavy atom. The van der Waals surface area contributed by atoms with E-state index in [1.54, 1.807) is 6.33 Å². The van der Waals surface area contributed by atoms with E-state index in [9.17, 15) is 0 Å². The maximum atomic E-state index is 6.06. The molecule has 1 N–H and O–H groups in total. The number of rotatable bonds is 1. The molecule has 0 bridgehead atoms. The van der Waals surface area contributed by atoms with E-state index in [2.05, 4.69) is 71.5 Å². The van der Waals surface area contributed by atoms with Crippen molar-refractivity contribution in [1.29, 1.82) is 0 Å². The summed E-state index contributed by atoms with van der Waals surface area (Å²) in [6, 6.07) is 17.0. The highest BCUT2D eigenvalue weighted by atomic mass is 16.7. The molecule has 0 saturated heterocycles. The fourth-order valence-corrected chi connectivity index (χ4v) is 5.59. The van der Waals surface area contributed by atoms with Crippen molar-refractivity contribution >= 4 is 27.9 Å². The molecule has 0 fully saturated rings. The fraction of sp³-hybridized carbons (Fsp3) is 0.138. The van der Waals surface area contributed by atoms with Crippen molar-refractivity contribution in [3.8, 4) is 45.3 Å². The Hall–Kier alpha value is -4.45. The molecular formula is C29H20N2O4. The number of aromatic nitrogens is 2. The number of hydrogen-bond donors (Lipinski definition) is 1. The molecule has 35 heavy (non-hydrogen) atoms. The van der Waals surface area contributed by atoms with Gasteiger partial charge in [-0.15, -0.1) is 0 Å². The van der Waals surface area contributed by atoms with Gasteiger partial charge in [0.15, 0.2) is 23.0 Å². The predicted molar refractivity (Wildman–Crippen MR) is 134 cm³/mol. The summed E-state index contributed by atoms with van der Waals surface area (Å²) in [6.45, 7) is 2.71. The largest absolute Gasteiger partial charge is 0.454 e. The van der Waals surface area contributed by atoms with Crippen LogP contribution in [0.15, 0.2) is 60.9 Å². The van der Waals surface area contributed by atoms with E-state index in [4.69, 9.17) is 18.9 Å². The van der Waals surface area contributed by atoms with Crippen molar-refractivity contribution in [2.75, 3.05) is 13.6 Å². The zero-order chi connectivity index (χ0) is 23.1. The van der Waals surface area contributed by atoms with Crippen LogP contribution in [-0.2, 0) is 0 Å². The number of nitrogens with one attached hydrogen (secondary N) is 1. The minimum absolute atomic E-state index is 0.198. The average molecular weight is 460 g/mol. The number of aromatic amines is 1. The van der Waals surface area contributed by atoms with Gasteiger partial charge in [-0.05, 0) is 63.4 Å². The van der Waals surface area contributed by atoms with Gasteiger partial charge in [0.25, 0.3) is 0 Å². The summed E-state index contributed by atoms with van der Waals surface area (Å²) in [7, 11) is 0. The quantitative estimate of drug-likeness (QED) is 0.304. The topological polar surface area (TPSA) is 65.6 Å². The van der Waals surface area contributed by atoms with Crippen LogP contribution in [0.2, 0.25) is 0 Å². The highest BCUT2D eigenvalue weighted by Crippen LogP contribution is 2.52. The summed E-state index contributed by atoms with van der Waals surface area (Å²) in [5, 5.41) is 2.32. The number of allylic oxidation sites excluding steroid dienone is 1. The molecule has 1 unspecified atom stereocenters. The molecule has 6 heteroatoms. The van der Waals surface area contributed by atoms with Gasteiger partial charge in [-0.1, -0.05) is 37.3 Å². The van der Waals surface area contributed by atoms with E-state index in [1.165, 1.54) is 16.5 Å². The first kappa shape index (κ1) is 18.9. The first-order chi connectivity index (χ1) is 17.2. The third-order valence-corrected chi connectivity index (χ3v) is 7.26. The van der Waals surface area contributed by atoms with Gasteiger partial charge >= 0.3 is 0 Å². The van der Waals surface area contributed by atoms with Crippen molar-refractivity contribution in [3.63, 3.8) is 0 Å². The summed E-state index contributed by atoms with van der Waals surface area (Å²) in [5.41, 5.74) is 8.62. The van der Waals surface area contributed by atoms with E-state index in [-0.39, 0.29) is 19.5 Å². The van der Waals surface area contributed by atoms with Gasteiger partial charge in [-0.2, -0.15) is 0 Å². The van der Waals surface area contributed by atoms with Crippen LogP contribution in [0.5, 0.6) is 23.0 Å². The van der Waals surface area contributed by atoms with Crippen molar-refractivity contribution < 1.29 is 18.9 Å². The summed E-state index contributed by atoms with van der Waals surface area (Å²) >= 11 is 0. The van der Waals surface area contributed by atoms with E-state index >= 15 is 0 Å². The molecule has 1 aromatic heterocycles. The summed E-state index contributed by atoms with van der Waals surface area (Å²) in [6.07, 6.45) is 6.13. The van der Waals surface area contributed by atoms with Crippen LogP contribution < -0.4 is 18.9 Å². The lowest BCUT2D eigenvalue weighted by atomic mass is 9.86. The molecule has 4 aromatic carbocycles. The fourth-order valence-electron chi connectivity index (χ4n) is 5.59. The van der Waals surface area contributed by atoms with Crippen LogP contribution in [-0.4, -0.2) is 23.6 Å². The van der Waals surface area contributed by atoms with E-state index < -0.39 is 0 Å². The molecule has 0 saturated carbocycles. The van der Waals surface area contributed by atoms with Crippen molar-refractivity contribution in [2.24, 2.45) is 0 Å². The number of H-pyrrole nitrogens is 1. The molecule has 6 nitrogen and oxygen atoms in total. The standard InChI is InChI=1S/C29H20N2O4/c1-15-2-5-19-22(18-6-3-17-9-25-26(33-13-32-25)11-20(17)27(15)18)10-21(29-28(19)34-14-35-29)16-4-7-23-24(8-16)31-12-30-23/h2-12,15H,13-14H2,1H3,(H,30,31). The first-order valence-electron chi connectivity index (χ1n) is 11.7. The first-order valence-corrected chi connectivity index (χ1v) is 11.7. The van der Waals surface area contributed by atoms with Crippen LogP contribution in [0, 0.1) is 0 Å². The third-order valence-electron chi connectivity index (χ3n) is 7.26. The van der Waals surface area contributed by atoms with Crippen LogP contribution in [0.25, 0.3) is 50.1 Å². The Morgan fingerprint density at radius 2 is 1.69 bits per heavy atom. The normalized spacial score (nSPS) is 17.0. The zero-order valence-corrected chi connectivity index (χ0v) is 18.9. The third kappa shape index (κ3) is 2.62. The number of ether oxygens (including phenoxy) is 4. The Morgan fingerprint density at radius 3 is 2.63 bits per heavy atom.